The number of carbonyl (C=O) groups excluding carboxylic acids is 1. The Balaban J connectivity index is 1.03. The van der Waals surface area contributed by atoms with Crippen molar-refractivity contribution in [2.24, 2.45) is 56.7 Å². The van der Waals surface area contributed by atoms with Gasteiger partial charge in [-0.2, -0.15) is 0 Å². The summed E-state index contributed by atoms with van der Waals surface area (Å²) in [6, 6.07) is 0. The lowest BCUT2D eigenvalue weighted by molar-refractivity contribution is -0.364. The van der Waals surface area contributed by atoms with Crippen molar-refractivity contribution in [3.8, 4) is 0 Å². The van der Waals surface area contributed by atoms with Crippen LogP contribution in [0.3, 0.4) is 0 Å². The van der Waals surface area contributed by atoms with Crippen LogP contribution in [0.4, 0.5) is 0 Å². The zero-order valence-electron chi connectivity index (χ0n) is 39.7. The Kier molecular flexibility index (Phi) is 14.0. The number of ether oxygens (including phenoxy) is 6. The van der Waals surface area contributed by atoms with Gasteiger partial charge in [-0.1, -0.05) is 53.2 Å². The van der Waals surface area contributed by atoms with Crippen LogP contribution in [0.15, 0.2) is 11.6 Å². The van der Waals surface area contributed by atoms with E-state index >= 15 is 0 Å². The van der Waals surface area contributed by atoms with Crippen LogP contribution >= 0.6 is 0 Å². The largest absolute Gasteiger partial charge is 0.481 e. The summed E-state index contributed by atoms with van der Waals surface area (Å²) in [4.78, 5) is 29.1. The number of carbonyl (C=O) groups is 2. The lowest BCUT2D eigenvalue weighted by atomic mass is 9.33. The van der Waals surface area contributed by atoms with E-state index in [-0.39, 0.29) is 41.9 Å². The molecule has 0 radical (unpaired) electrons. The molecule has 19 heteroatoms. The SMILES string of the molecule is C[C@H]1[C@H](C)CC[C@]2(C(=O)O[C@@H]3O[C@H](CO)[C@H](O)[C@@H](O)[C@@H]3O)CC[C@]3(C(=O)O)C(=CC[C@H]4[C@@]5(C)CC[C@H](O[C@@H]6O[C@H](C)[C@H](O[C@H]7O[C@@H](CO)[C@H](O)[C@@H](O)[C@@H]7O)[C@@H](O)[C@H]6O)C(C)(C)[C@@H]5CC[C@]43C)[C@H]12. The first-order valence-corrected chi connectivity index (χ1v) is 24.5. The number of carboxylic acids is 1. The molecule has 5 aliphatic carbocycles. The van der Waals surface area contributed by atoms with Crippen LogP contribution in [0.5, 0.6) is 0 Å². The Labute approximate surface area is 391 Å². The zero-order chi connectivity index (χ0) is 49.1. The second-order valence-electron chi connectivity index (χ2n) is 22.8. The average molecular weight is 957 g/mol. The minimum absolute atomic E-state index is 0.0350. The number of aliphatic hydroxyl groups excluding tert-OH is 10. The number of aliphatic hydroxyl groups is 10. The van der Waals surface area contributed by atoms with Crippen molar-refractivity contribution >= 4 is 11.9 Å². The molecule has 3 saturated heterocycles. The van der Waals surface area contributed by atoms with Crippen molar-refractivity contribution in [3.05, 3.63) is 11.6 Å². The Morgan fingerprint density at radius 1 is 0.657 bits per heavy atom. The van der Waals surface area contributed by atoms with Gasteiger partial charge in [0.15, 0.2) is 12.6 Å². The maximum absolute atomic E-state index is 14.7. The number of carboxylic acid groups (broad SMARTS) is 1. The van der Waals surface area contributed by atoms with Gasteiger partial charge in [-0.25, -0.2) is 0 Å². The fourth-order valence-electron chi connectivity index (χ4n) is 15.4. The molecule has 382 valence electrons. The average Bonchev–Trinajstić information content (AvgIpc) is 3.28. The quantitative estimate of drug-likeness (QED) is 0.0829. The van der Waals surface area contributed by atoms with Gasteiger partial charge in [0, 0.05) is 0 Å². The third-order valence-corrected chi connectivity index (χ3v) is 19.4. The van der Waals surface area contributed by atoms with Gasteiger partial charge in [-0.15, -0.1) is 0 Å². The van der Waals surface area contributed by atoms with E-state index < -0.39 is 151 Å². The fraction of sp³-hybridized carbons (Fsp3) is 0.917. The third-order valence-electron chi connectivity index (χ3n) is 19.4. The Bertz CT molecular complexity index is 1860. The Morgan fingerprint density at radius 2 is 1.24 bits per heavy atom. The molecule has 0 unspecified atom stereocenters. The molecule has 0 aromatic rings. The molecule has 7 fully saturated rings. The molecule has 19 nitrogen and oxygen atoms in total. The van der Waals surface area contributed by atoms with E-state index in [0.29, 0.717) is 44.9 Å². The smallest absolute Gasteiger partial charge is 0.315 e. The van der Waals surface area contributed by atoms with Crippen LogP contribution in [-0.2, 0) is 38.0 Å². The number of esters is 1. The van der Waals surface area contributed by atoms with Gasteiger partial charge >= 0.3 is 11.9 Å². The van der Waals surface area contributed by atoms with E-state index in [1.54, 1.807) is 6.92 Å². The highest BCUT2D eigenvalue weighted by molar-refractivity contribution is 5.85. The molecule has 0 bridgehead atoms. The summed E-state index contributed by atoms with van der Waals surface area (Å²) in [5.41, 5.74) is -3.35. The molecular formula is C48H76O19. The molecule has 0 spiro atoms. The Morgan fingerprint density at radius 3 is 1.85 bits per heavy atom. The van der Waals surface area contributed by atoms with E-state index in [1.165, 1.54) is 0 Å². The van der Waals surface area contributed by atoms with Crippen LogP contribution in [0, 0.1) is 56.7 Å². The predicted octanol–water partition coefficient (Wildman–Crippen LogP) is 0.0887. The summed E-state index contributed by atoms with van der Waals surface area (Å²) >= 11 is 0. The molecule has 0 amide bonds. The van der Waals surface area contributed by atoms with Crippen molar-refractivity contribution in [3.63, 3.8) is 0 Å². The van der Waals surface area contributed by atoms with E-state index in [1.807, 2.05) is 0 Å². The maximum Gasteiger partial charge on any atom is 0.315 e. The first-order chi connectivity index (χ1) is 31.4. The summed E-state index contributed by atoms with van der Waals surface area (Å²) in [5.74, 6) is -2.10. The van der Waals surface area contributed by atoms with Gasteiger partial charge < -0.3 is 84.6 Å². The summed E-state index contributed by atoms with van der Waals surface area (Å²) in [5, 5.41) is 117. The number of allylic oxidation sites excluding steroid dienone is 1. The van der Waals surface area contributed by atoms with Gasteiger partial charge in [-0.3, -0.25) is 9.59 Å². The second-order valence-corrected chi connectivity index (χ2v) is 22.8. The van der Waals surface area contributed by atoms with E-state index in [4.69, 9.17) is 28.4 Å². The zero-order valence-corrected chi connectivity index (χ0v) is 39.7. The molecule has 0 aromatic carbocycles. The van der Waals surface area contributed by atoms with Crippen LogP contribution in [0.2, 0.25) is 0 Å². The third kappa shape index (κ3) is 7.70. The molecule has 25 atom stereocenters. The van der Waals surface area contributed by atoms with E-state index in [0.717, 1.165) is 5.57 Å². The molecule has 8 rings (SSSR count). The normalized spacial score (nSPS) is 54.0. The van der Waals surface area contributed by atoms with Gasteiger partial charge in [0.05, 0.1) is 36.3 Å². The second kappa shape index (κ2) is 18.3. The molecular weight excluding hydrogens is 881 g/mol. The summed E-state index contributed by atoms with van der Waals surface area (Å²) in [6.45, 7) is 13.1. The number of fused-ring (bicyclic) bond motifs is 7. The van der Waals surface area contributed by atoms with Gasteiger partial charge in [0.1, 0.15) is 67.1 Å². The number of aliphatic carboxylic acids is 1. The van der Waals surface area contributed by atoms with Crippen molar-refractivity contribution < 1.29 is 94.2 Å². The molecule has 0 aromatic heterocycles. The van der Waals surface area contributed by atoms with Crippen LogP contribution in [0.25, 0.3) is 0 Å². The fourth-order valence-corrected chi connectivity index (χ4v) is 15.4. The topological polar surface area (TPSA) is 312 Å². The number of rotatable bonds is 9. The Hall–Kier alpha value is -1.92. The summed E-state index contributed by atoms with van der Waals surface area (Å²) in [6.07, 6.45) is -16.3. The van der Waals surface area contributed by atoms with Gasteiger partial charge in [0.25, 0.3) is 0 Å². The summed E-state index contributed by atoms with van der Waals surface area (Å²) < 4.78 is 35.6. The van der Waals surface area contributed by atoms with Gasteiger partial charge in [-0.05, 0) is 111 Å². The van der Waals surface area contributed by atoms with E-state index in [2.05, 4.69) is 47.6 Å². The van der Waals surface area contributed by atoms with Crippen molar-refractivity contribution in [1.82, 2.24) is 0 Å². The molecule has 67 heavy (non-hydrogen) atoms. The number of hydrogen-bond acceptors (Lipinski definition) is 18. The molecule has 3 aliphatic heterocycles. The first kappa shape index (κ1) is 51.4. The van der Waals surface area contributed by atoms with Crippen LogP contribution in [-0.4, -0.2) is 180 Å². The standard InChI is InChI=1S/C48H76O19/c1-20-10-15-47(43(61)67-41-36(57)33(54)31(52)25(19-50)64-41)16-17-48(42(59)60)23(29(47)21(20)2)8-9-27-45(6)13-12-28(44(4,5)26(45)11-14-46(27,48)7)65-39-37(58)34(55)38(22(3)62-39)66-40-35(56)32(53)30(51)24(18-49)63-40/h8,20-22,24-41,49-58H,9-19H2,1-7H3,(H,59,60)/t20-,21+,22-,24+,25-,26+,27+,28+,29+,30+,31+,32-,33-,34+,35+,36+,37-,38+,39+,40-,41+,45+,46-,47+,48-/m1/s1. The highest BCUT2D eigenvalue weighted by atomic mass is 16.7. The highest BCUT2D eigenvalue weighted by Crippen LogP contribution is 2.76. The molecule has 11 N–H and O–H groups in total. The summed E-state index contributed by atoms with van der Waals surface area (Å²) in [7, 11) is 0. The van der Waals surface area contributed by atoms with Crippen LogP contribution in [0.1, 0.15) is 106 Å². The van der Waals surface area contributed by atoms with Crippen molar-refractivity contribution in [2.75, 3.05) is 13.2 Å². The number of hydrogen-bond donors (Lipinski definition) is 11. The highest BCUT2D eigenvalue weighted by Gasteiger charge is 2.74. The van der Waals surface area contributed by atoms with Crippen molar-refractivity contribution in [2.45, 2.75) is 204 Å². The lowest BCUT2D eigenvalue weighted by Gasteiger charge is -2.70. The minimum Gasteiger partial charge on any atom is -0.481 e. The van der Waals surface area contributed by atoms with Crippen molar-refractivity contribution in [1.29, 1.82) is 0 Å². The van der Waals surface area contributed by atoms with E-state index in [9.17, 15) is 65.8 Å². The molecule has 3 heterocycles. The minimum atomic E-state index is -1.78. The molecule has 4 saturated carbocycles. The first-order valence-electron chi connectivity index (χ1n) is 24.5. The lowest BCUT2D eigenvalue weighted by Crippen LogP contribution is -2.68. The molecule has 8 aliphatic rings. The van der Waals surface area contributed by atoms with Crippen LogP contribution < -0.4 is 0 Å². The monoisotopic (exact) mass is 956 g/mol. The predicted molar refractivity (Wildman–Crippen MR) is 231 cm³/mol. The van der Waals surface area contributed by atoms with Gasteiger partial charge in [0.2, 0.25) is 6.29 Å². The maximum atomic E-state index is 14.7.